The summed E-state index contributed by atoms with van der Waals surface area (Å²) in [6.45, 7) is 3.25. The summed E-state index contributed by atoms with van der Waals surface area (Å²) in [6, 6.07) is 6.96. The lowest BCUT2D eigenvalue weighted by Crippen LogP contribution is -2.44. The second kappa shape index (κ2) is 7.95. The Morgan fingerprint density at radius 2 is 2.07 bits per heavy atom. The third-order valence-electron chi connectivity index (χ3n) is 4.29. The molecule has 1 saturated heterocycles. The summed E-state index contributed by atoms with van der Waals surface area (Å²) in [5.41, 5.74) is 6.51. The molecule has 0 spiro atoms. The summed E-state index contributed by atoms with van der Waals surface area (Å²) in [6.07, 6.45) is 0. The SMILES string of the molecule is NCC(=O)Nc1cc(Br)cc(-c2nn3c(=O)cc(N4CCNCC4)nc3s2)c1. The molecule has 0 radical (unpaired) electrons. The van der Waals surface area contributed by atoms with Crippen molar-refractivity contribution in [3.05, 3.63) is 39.1 Å². The Hall–Kier alpha value is -2.34. The lowest BCUT2D eigenvalue weighted by Gasteiger charge is -2.27. The van der Waals surface area contributed by atoms with Crippen LogP contribution in [0.1, 0.15) is 0 Å². The topological polar surface area (TPSA) is 118 Å². The zero-order valence-electron chi connectivity index (χ0n) is 14.8. The predicted octanol–water partition coefficient (Wildman–Crippen LogP) is 0.887. The molecule has 1 aliphatic rings. The number of hydrogen-bond donors (Lipinski definition) is 3. The molecule has 3 aromatic rings. The van der Waals surface area contributed by atoms with Gasteiger partial charge in [0.15, 0.2) is 0 Å². The summed E-state index contributed by atoms with van der Waals surface area (Å²) in [5.74, 6) is 0.388. The van der Waals surface area contributed by atoms with Gasteiger partial charge in [-0.25, -0.2) is 4.98 Å². The number of piperazine rings is 1. The lowest BCUT2D eigenvalue weighted by molar-refractivity contribution is -0.114. The highest BCUT2D eigenvalue weighted by molar-refractivity contribution is 9.10. The van der Waals surface area contributed by atoms with E-state index in [0.717, 1.165) is 36.2 Å². The maximum absolute atomic E-state index is 12.5. The Balaban J connectivity index is 1.72. The molecule has 28 heavy (non-hydrogen) atoms. The van der Waals surface area contributed by atoms with Gasteiger partial charge in [0, 0.05) is 48.0 Å². The van der Waals surface area contributed by atoms with Gasteiger partial charge in [0.05, 0.1) is 6.54 Å². The summed E-state index contributed by atoms with van der Waals surface area (Å²) in [7, 11) is 0. The molecule has 2 aromatic heterocycles. The smallest absolute Gasteiger partial charge is 0.277 e. The first-order valence-corrected chi connectivity index (χ1v) is 10.3. The van der Waals surface area contributed by atoms with Crippen LogP contribution in [-0.4, -0.2) is 53.2 Å². The monoisotopic (exact) mass is 463 g/mol. The highest BCUT2D eigenvalue weighted by Gasteiger charge is 2.16. The van der Waals surface area contributed by atoms with Crippen molar-refractivity contribution in [1.29, 1.82) is 0 Å². The molecule has 0 aliphatic carbocycles. The number of carbonyl (C=O) groups is 1. The number of benzene rings is 1. The first kappa shape index (κ1) is 19.0. The van der Waals surface area contributed by atoms with Crippen molar-refractivity contribution in [1.82, 2.24) is 19.9 Å². The van der Waals surface area contributed by atoms with Crippen LogP contribution in [0.5, 0.6) is 0 Å². The van der Waals surface area contributed by atoms with E-state index < -0.39 is 0 Å². The van der Waals surface area contributed by atoms with Gasteiger partial charge >= 0.3 is 0 Å². The van der Waals surface area contributed by atoms with Crippen LogP contribution in [0.2, 0.25) is 0 Å². The van der Waals surface area contributed by atoms with Gasteiger partial charge in [0.1, 0.15) is 10.8 Å². The van der Waals surface area contributed by atoms with E-state index in [1.54, 1.807) is 12.1 Å². The Morgan fingerprint density at radius 3 is 2.82 bits per heavy atom. The third kappa shape index (κ3) is 3.92. The third-order valence-corrected chi connectivity index (χ3v) is 5.70. The van der Waals surface area contributed by atoms with Crippen LogP contribution in [0.25, 0.3) is 15.5 Å². The number of carbonyl (C=O) groups excluding carboxylic acids is 1. The highest BCUT2D eigenvalue weighted by Crippen LogP contribution is 2.30. The number of fused-ring (bicyclic) bond motifs is 1. The van der Waals surface area contributed by atoms with Crippen molar-refractivity contribution in [2.75, 3.05) is 42.9 Å². The fraction of sp³-hybridized carbons (Fsp3) is 0.294. The van der Waals surface area contributed by atoms with Crippen molar-refractivity contribution in [3.8, 4) is 10.6 Å². The normalized spacial score (nSPS) is 14.4. The summed E-state index contributed by atoms with van der Waals surface area (Å²) in [5, 5.41) is 11.1. The summed E-state index contributed by atoms with van der Waals surface area (Å²) in [4.78, 5) is 31.4. The van der Waals surface area contributed by atoms with Crippen LogP contribution in [0, 0.1) is 0 Å². The number of rotatable bonds is 4. The van der Waals surface area contributed by atoms with E-state index in [-0.39, 0.29) is 18.0 Å². The second-order valence-corrected chi connectivity index (χ2v) is 8.14. The summed E-state index contributed by atoms with van der Waals surface area (Å²) >= 11 is 4.77. The molecule has 1 aromatic carbocycles. The van der Waals surface area contributed by atoms with Crippen molar-refractivity contribution in [2.45, 2.75) is 0 Å². The number of nitrogens with zero attached hydrogens (tertiary/aromatic N) is 4. The van der Waals surface area contributed by atoms with Crippen LogP contribution in [0.15, 0.2) is 33.5 Å². The van der Waals surface area contributed by atoms with Gasteiger partial charge in [-0.2, -0.15) is 9.61 Å². The molecule has 1 amide bonds. The molecule has 146 valence electrons. The average Bonchev–Trinajstić information content (AvgIpc) is 3.13. The Kier molecular flexibility index (Phi) is 5.40. The van der Waals surface area contributed by atoms with Gasteiger partial charge in [0.25, 0.3) is 5.56 Å². The molecular formula is C17H18BrN7O2S. The van der Waals surface area contributed by atoms with Gasteiger partial charge in [-0.15, -0.1) is 0 Å². The van der Waals surface area contributed by atoms with E-state index in [2.05, 4.69) is 41.5 Å². The zero-order valence-corrected chi connectivity index (χ0v) is 17.2. The van der Waals surface area contributed by atoms with E-state index in [4.69, 9.17) is 5.73 Å². The maximum Gasteiger partial charge on any atom is 0.277 e. The summed E-state index contributed by atoms with van der Waals surface area (Å²) < 4.78 is 2.09. The number of nitrogens with two attached hydrogens (primary N) is 1. The molecule has 0 atom stereocenters. The second-order valence-electron chi connectivity index (χ2n) is 6.27. The molecule has 3 heterocycles. The molecule has 0 saturated carbocycles. The minimum Gasteiger partial charge on any atom is -0.354 e. The Morgan fingerprint density at radius 1 is 1.29 bits per heavy atom. The van der Waals surface area contributed by atoms with Gasteiger partial charge in [-0.3, -0.25) is 9.59 Å². The molecule has 0 unspecified atom stereocenters. The molecule has 9 nitrogen and oxygen atoms in total. The molecule has 4 N–H and O–H groups in total. The lowest BCUT2D eigenvalue weighted by atomic mass is 10.2. The number of halogens is 1. The minimum atomic E-state index is -0.285. The van der Waals surface area contributed by atoms with Crippen LogP contribution >= 0.6 is 27.3 Å². The van der Waals surface area contributed by atoms with Gasteiger partial charge in [0.2, 0.25) is 10.9 Å². The van der Waals surface area contributed by atoms with E-state index in [1.807, 2.05) is 6.07 Å². The minimum absolute atomic E-state index is 0.100. The van der Waals surface area contributed by atoms with Crippen LogP contribution in [0.4, 0.5) is 11.5 Å². The maximum atomic E-state index is 12.5. The first-order chi connectivity index (χ1) is 13.5. The Labute approximate surface area is 172 Å². The number of amides is 1. The van der Waals surface area contributed by atoms with Crippen LogP contribution in [-0.2, 0) is 4.79 Å². The average molecular weight is 464 g/mol. The molecule has 4 rings (SSSR count). The number of aromatic nitrogens is 3. The van der Waals surface area contributed by atoms with Crippen molar-refractivity contribution in [2.24, 2.45) is 5.73 Å². The molecule has 11 heteroatoms. The van der Waals surface area contributed by atoms with E-state index in [0.29, 0.717) is 21.5 Å². The Bertz CT molecular complexity index is 1090. The number of anilines is 2. The van der Waals surface area contributed by atoms with E-state index >= 15 is 0 Å². The molecular weight excluding hydrogens is 446 g/mol. The molecule has 0 bridgehead atoms. The van der Waals surface area contributed by atoms with E-state index in [1.165, 1.54) is 21.9 Å². The fourth-order valence-electron chi connectivity index (χ4n) is 2.97. The van der Waals surface area contributed by atoms with Crippen molar-refractivity contribution < 1.29 is 4.79 Å². The van der Waals surface area contributed by atoms with Crippen LogP contribution < -0.4 is 26.8 Å². The van der Waals surface area contributed by atoms with Crippen LogP contribution in [0.3, 0.4) is 0 Å². The first-order valence-electron chi connectivity index (χ1n) is 8.71. The largest absolute Gasteiger partial charge is 0.354 e. The van der Waals surface area contributed by atoms with Gasteiger partial charge in [-0.05, 0) is 18.2 Å². The number of nitrogens with one attached hydrogen (secondary N) is 2. The quantitative estimate of drug-likeness (QED) is 0.525. The van der Waals surface area contributed by atoms with Gasteiger partial charge in [-0.1, -0.05) is 27.3 Å². The highest BCUT2D eigenvalue weighted by atomic mass is 79.9. The van der Waals surface area contributed by atoms with Crippen molar-refractivity contribution >= 4 is 49.6 Å². The standard InChI is InChI=1S/C17H18BrN7O2S/c18-11-5-10(6-12(7-11)21-14(26)9-19)16-23-25-15(27)8-13(22-17(25)28-16)24-3-1-20-2-4-24/h5-8,20H,1-4,9,19H2,(H,21,26). The number of hydrogen-bond acceptors (Lipinski definition) is 8. The molecule has 1 fully saturated rings. The predicted molar refractivity (Wildman–Crippen MR) is 113 cm³/mol. The van der Waals surface area contributed by atoms with Gasteiger partial charge < -0.3 is 21.3 Å². The van der Waals surface area contributed by atoms with Crippen molar-refractivity contribution in [3.63, 3.8) is 0 Å². The molecule has 1 aliphatic heterocycles. The zero-order chi connectivity index (χ0) is 19.7. The van der Waals surface area contributed by atoms with E-state index in [9.17, 15) is 9.59 Å². The fourth-order valence-corrected chi connectivity index (χ4v) is 4.35.